The number of hydrogen-bond donors (Lipinski definition) is 4. The third-order valence-corrected chi connectivity index (χ3v) is 1.38. The summed E-state index contributed by atoms with van der Waals surface area (Å²) in [4.78, 5) is 52.6. The first-order valence-electron chi connectivity index (χ1n) is 2.60. The van der Waals surface area contributed by atoms with Crippen molar-refractivity contribution in [2.45, 2.75) is 0 Å². The normalized spacial score (nSPS) is 10.5. The molecule has 0 aromatic heterocycles. The maximum Gasteiger partial charge on any atom is 1.00 e. The first kappa shape index (κ1) is 22.4. The number of rotatable bonds is 2. The maximum absolute atomic E-state index is 10.3. The average molecular weight is 298 g/mol. The molecule has 0 radical (unpaired) electrons. The fourth-order valence-corrected chi connectivity index (χ4v) is 0.872. The summed E-state index contributed by atoms with van der Waals surface area (Å²) >= 11 is 0. The van der Waals surface area contributed by atoms with Crippen molar-refractivity contribution in [2.75, 3.05) is 0 Å². The zero-order valence-corrected chi connectivity index (χ0v) is 13.9. The molecule has 0 aliphatic rings. The minimum absolute atomic E-state index is 0. The van der Waals surface area contributed by atoms with Crippen molar-refractivity contribution in [3.05, 3.63) is 0 Å². The molecule has 0 rings (SSSR count). The Morgan fingerprint density at radius 3 is 1.12 bits per heavy atom. The monoisotopic (exact) mass is 298 g/mol. The second-order valence-electron chi connectivity index (χ2n) is 1.74. The van der Waals surface area contributed by atoms with Gasteiger partial charge in [0.2, 0.25) is 0 Å². The molecule has 0 aromatic carbocycles. The van der Waals surface area contributed by atoms with Crippen LogP contribution in [-0.4, -0.2) is 31.5 Å². The quantitative estimate of drug-likeness (QED) is 0.218. The van der Waals surface area contributed by atoms with E-state index in [2.05, 4.69) is 9.05 Å². The average Bonchev–Trinajstić information content (AvgIpc) is 1.78. The van der Waals surface area contributed by atoms with Crippen LogP contribution in [0.25, 0.3) is 0 Å². The molecule has 86 valence electrons. The van der Waals surface area contributed by atoms with Gasteiger partial charge < -0.3 is 11.9 Å². The molecule has 14 heteroatoms. The largest absolute Gasteiger partial charge is 1.00 e. The molecule has 0 saturated heterocycles. The predicted octanol–water partition coefficient (Wildman–Crippen LogP) is -7.51. The van der Waals surface area contributed by atoms with Gasteiger partial charge in [-0.15, -0.1) is 0 Å². The van der Waals surface area contributed by atoms with Gasteiger partial charge in [-0.05, 0) is 0 Å². The van der Waals surface area contributed by atoms with Gasteiger partial charge in [-0.3, -0.25) is 19.6 Å². The Kier molecular flexibility index (Phi) is 11.7. The zero-order chi connectivity index (χ0) is 11.6. The van der Waals surface area contributed by atoms with Crippen LogP contribution in [-0.2, 0) is 27.8 Å². The zero-order valence-electron chi connectivity index (χ0n) is 10.1. The Morgan fingerprint density at radius 2 is 1.00 bits per heavy atom. The minimum Gasteiger partial charge on any atom is -1.00 e. The van der Waals surface area contributed by atoms with Crippen LogP contribution in [0.4, 0.5) is 0 Å². The van der Waals surface area contributed by atoms with Crippen LogP contribution in [0, 0.1) is 0 Å². The summed E-state index contributed by atoms with van der Waals surface area (Å²) in [6, 6.07) is 0. The van der Waals surface area contributed by atoms with E-state index in [0.717, 1.165) is 0 Å². The summed E-state index contributed by atoms with van der Waals surface area (Å²) in [5.41, 5.74) is 0. The molecule has 0 amide bonds. The molecule has 0 saturated carbocycles. The van der Waals surface area contributed by atoms with E-state index in [1.165, 1.54) is 0 Å². The topological polar surface area (TPSA) is 168 Å². The number of carbonyl (C=O) groups excluding carboxylic acids is 2. The molecule has 0 spiro atoms. The van der Waals surface area contributed by atoms with Crippen LogP contribution in [0.15, 0.2) is 0 Å². The molecular formula is C2H6Na2O10P2. The van der Waals surface area contributed by atoms with Gasteiger partial charge in [0.1, 0.15) is 0 Å². The van der Waals surface area contributed by atoms with E-state index in [1.54, 1.807) is 0 Å². The van der Waals surface area contributed by atoms with E-state index >= 15 is 0 Å². The molecule has 0 aliphatic heterocycles. The van der Waals surface area contributed by atoms with E-state index in [1.807, 2.05) is 0 Å². The number of phosphoric ester groups is 2. The fraction of sp³-hybridized carbons (Fsp3) is 0. The van der Waals surface area contributed by atoms with Crippen LogP contribution < -0.4 is 59.1 Å². The Hall–Kier alpha value is 1.24. The third kappa shape index (κ3) is 13.3. The number of carbonyl (C=O) groups is 2. The van der Waals surface area contributed by atoms with E-state index in [9.17, 15) is 18.7 Å². The number of hydrogen-bond acceptors (Lipinski definition) is 6. The molecule has 0 bridgehead atoms. The SMILES string of the molecule is O=C(OP(=O)(O)O)C(=O)OP(=O)(O)O.[H-].[H-].[Na+].[Na+]. The van der Waals surface area contributed by atoms with Gasteiger partial charge in [0.25, 0.3) is 0 Å². The Labute approximate surface area is 136 Å². The van der Waals surface area contributed by atoms with E-state index in [4.69, 9.17) is 19.6 Å². The van der Waals surface area contributed by atoms with Gasteiger partial charge in [0, 0.05) is 0 Å². The molecule has 16 heavy (non-hydrogen) atoms. The summed E-state index contributed by atoms with van der Waals surface area (Å²) in [6.45, 7) is 0. The summed E-state index contributed by atoms with van der Waals surface area (Å²) in [7, 11) is -10.5. The molecule has 0 heterocycles. The molecule has 0 aliphatic carbocycles. The van der Waals surface area contributed by atoms with Crippen LogP contribution in [0.5, 0.6) is 0 Å². The summed E-state index contributed by atoms with van der Waals surface area (Å²) in [5, 5.41) is 0. The Bertz CT molecular complexity index is 314. The van der Waals surface area contributed by atoms with Crippen molar-refractivity contribution in [2.24, 2.45) is 0 Å². The van der Waals surface area contributed by atoms with Gasteiger partial charge in [-0.1, -0.05) is 0 Å². The van der Waals surface area contributed by atoms with Gasteiger partial charge in [0.15, 0.2) is 0 Å². The third-order valence-electron chi connectivity index (χ3n) is 0.570. The van der Waals surface area contributed by atoms with Crippen molar-refractivity contribution >= 4 is 27.6 Å². The van der Waals surface area contributed by atoms with Gasteiger partial charge >= 0.3 is 86.7 Å². The van der Waals surface area contributed by atoms with Gasteiger partial charge in [-0.2, -0.15) is 0 Å². The van der Waals surface area contributed by atoms with Crippen LogP contribution >= 0.6 is 15.6 Å². The minimum atomic E-state index is -5.24. The second-order valence-corrected chi connectivity index (χ2v) is 4.07. The van der Waals surface area contributed by atoms with Crippen molar-refractivity contribution in [1.82, 2.24) is 0 Å². The molecule has 10 nitrogen and oxygen atoms in total. The summed E-state index contributed by atoms with van der Waals surface area (Å²) < 4.78 is 26.2. The fourth-order valence-electron chi connectivity index (χ4n) is 0.291. The van der Waals surface area contributed by atoms with Crippen molar-refractivity contribution in [3.8, 4) is 0 Å². The van der Waals surface area contributed by atoms with E-state index < -0.39 is 27.6 Å². The molecular weight excluding hydrogens is 292 g/mol. The van der Waals surface area contributed by atoms with Gasteiger partial charge in [0.05, 0.1) is 0 Å². The molecule has 0 atom stereocenters. The maximum atomic E-state index is 10.3. The molecule has 0 unspecified atom stereocenters. The van der Waals surface area contributed by atoms with Crippen molar-refractivity contribution in [3.63, 3.8) is 0 Å². The molecule has 0 fully saturated rings. The standard InChI is InChI=1S/C2H4O10P2.2Na.2H/c3-1(11-13(5,6)7)2(4)12-14(8,9)10;;;;/h(H2,5,6,7)(H2,8,9,10);;;;/q;2*+1;2*-1. The van der Waals surface area contributed by atoms with E-state index in [-0.39, 0.29) is 62.0 Å². The molecule has 4 N–H and O–H groups in total. The first-order valence-corrected chi connectivity index (χ1v) is 5.66. The predicted molar refractivity (Wildman–Crippen MR) is 38.5 cm³/mol. The Balaban J connectivity index is -0.000000141. The molecule has 0 aromatic rings. The summed E-state index contributed by atoms with van der Waals surface area (Å²) in [6.07, 6.45) is 0. The van der Waals surface area contributed by atoms with Crippen molar-refractivity contribution in [1.29, 1.82) is 0 Å². The van der Waals surface area contributed by atoms with Crippen LogP contribution in [0.2, 0.25) is 0 Å². The van der Waals surface area contributed by atoms with Gasteiger partial charge in [-0.25, -0.2) is 18.7 Å². The summed E-state index contributed by atoms with van der Waals surface area (Å²) in [5.74, 6) is -4.41. The van der Waals surface area contributed by atoms with Crippen LogP contribution in [0.1, 0.15) is 2.85 Å². The first-order chi connectivity index (χ1) is 6.01. The van der Waals surface area contributed by atoms with Crippen LogP contribution in [0.3, 0.4) is 0 Å². The Morgan fingerprint density at radius 1 is 0.812 bits per heavy atom. The smallest absolute Gasteiger partial charge is 1.00 e. The van der Waals surface area contributed by atoms with Crippen molar-refractivity contribution < 1.29 is 109 Å². The number of phosphoric acid groups is 2. The van der Waals surface area contributed by atoms with E-state index in [0.29, 0.717) is 0 Å². The second kappa shape index (κ2) is 8.36.